The number of para-hydroxylation sites is 1. The van der Waals surface area contributed by atoms with Gasteiger partial charge in [0.05, 0.1) is 18.7 Å². The van der Waals surface area contributed by atoms with Crippen LogP contribution in [-0.4, -0.2) is 51.8 Å². The third kappa shape index (κ3) is 4.25. The lowest BCUT2D eigenvalue weighted by Crippen LogP contribution is -2.28. The van der Waals surface area contributed by atoms with Crippen LogP contribution >= 0.6 is 0 Å². The number of carbonyl (C=O) groups is 2. The van der Waals surface area contributed by atoms with E-state index in [-0.39, 0.29) is 36.7 Å². The highest BCUT2D eigenvalue weighted by atomic mass is 19.1. The molecule has 3 rings (SSSR count). The lowest BCUT2D eigenvalue weighted by atomic mass is 10.1. The fourth-order valence-corrected chi connectivity index (χ4v) is 2.84. The third-order valence-electron chi connectivity index (χ3n) is 4.31. The summed E-state index contributed by atoms with van der Waals surface area (Å²) in [5.41, 5.74) is 6.61. The second-order valence-electron chi connectivity index (χ2n) is 6.33. The van der Waals surface area contributed by atoms with Gasteiger partial charge in [-0.15, -0.1) is 0 Å². The third-order valence-corrected chi connectivity index (χ3v) is 4.31. The van der Waals surface area contributed by atoms with E-state index in [0.29, 0.717) is 16.6 Å². The van der Waals surface area contributed by atoms with Crippen LogP contribution in [0.25, 0.3) is 16.6 Å². The first-order valence-electron chi connectivity index (χ1n) is 8.83. The number of benzene rings is 2. The Hall–Kier alpha value is -3.70. The SMILES string of the molecule is CN(CCO)C(=O)CC#Cc1cccc(-n2nc(C(N)=O)c3cccc(F)c32)c1. The summed E-state index contributed by atoms with van der Waals surface area (Å²) >= 11 is 0. The molecule has 0 fully saturated rings. The molecule has 0 radical (unpaired) electrons. The zero-order valence-electron chi connectivity index (χ0n) is 15.7. The van der Waals surface area contributed by atoms with E-state index in [0.717, 1.165) is 0 Å². The highest BCUT2D eigenvalue weighted by Crippen LogP contribution is 2.25. The molecule has 0 bridgehead atoms. The highest BCUT2D eigenvalue weighted by Gasteiger charge is 2.18. The first-order chi connectivity index (χ1) is 13.9. The largest absolute Gasteiger partial charge is 0.395 e. The Morgan fingerprint density at radius 3 is 2.76 bits per heavy atom. The summed E-state index contributed by atoms with van der Waals surface area (Å²) in [7, 11) is 1.59. The highest BCUT2D eigenvalue weighted by molar-refractivity contribution is 6.04. The molecule has 29 heavy (non-hydrogen) atoms. The van der Waals surface area contributed by atoms with Gasteiger partial charge in [0.25, 0.3) is 5.91 Å². The van der Waals surface area contributed by atoms with Gasteiger partial charge in [0.15, 0.2) is 5.69 Å². The molecule has 8 heteroatoms. The van der Waals surface area contributed by atoms with E-state index in [4.69, 9.17) is 10.8 Å². The fourth-order valence-electron chi connectivity index (χ4n) is 2.84. The topological polar surface area (TPSA) is 101 Å². The Labute approximate surface area is 166 Å². The van der Waals surface area contributed by atoms with Crippen LogP contribution in [0.2, 0.25) is 0 Å². The van der Waals surface area contributed by atoms with Crippen molar-refractivity contribution in [2.45, 2.75) is 6.42 Å². The summed E-state index contributed by atoms with van der Waals surface area (Å²) in [5.74, 6) is 4.20. The number of primary amides is 1. The summed E-state index contributed by atoms with van der Waals surface area (Å²) in [6.07, 6.45) is 0.00583. The van der Waals surface area contributed by atoms with Crippen molar-refractivity contribution in [3.05, 3.63) is 59.5 Å². The van der Waals surface area contributed by atoms with Crippen molar-refractivity contribution in [2.24, 2.45) is 5.73 Å². The number of hydrogen-bond acceptors (Lipinski definition) is 4. The lowest BCUT2D eigenvalue weighted by Gasteiger charge is -2.13. The maximum atomic E-state index is 14.4. The second kappa shape index (κ2) is 8.54. The molecule has 0 atom stereocenters. The molecule has 0 saturated heterocycles. The van der Waals surface area contributed by atoms with Gasteiger partial charge in [-0.25, -0.2) is 9.07 Å². The van der Waals surface area contributed by atoms with E-state index in [9.17, 15) is 14.0 Å². The lowest BCUT2D eigenvalue weighted by molar-refractivity contribution is -0.129. The Bertz CT molecular complexity index is 1140. The molecule has 0 aliphatic rings. The molecule has 2 aromatic carbocycles. The van der Waals surface area contributed by atoms with E-state index in [2.05, 4.69) is 16.9 Å². The number of fused-ring (bicyclic) bond motifs is 1. The molecule has 1 heterocycles. The zero-order valence-corrected chi connectivity index (χ0v) is 15.7. The Morgan fingerprint density at radius 2 is 2.03 bits per heavy atom. The van der Waals surface area contributed by atoms with Gasteiger partial charge in [0, 0.05) is 24.5 Å². The van der Waals surface area contributed by atoms with Gasteiger partial charge in [-0.3, -0.25) is 9.59 Å². The van der Waals surface area contributed by atoms with Gasteiger partial charge in [-0.2, -0.15) is 5.10 Å². The van der Waals surface area contributed by atoms with Crippen molar-refractivity contribution in [2.75, 3.05) is 20.2 Å². The number of rotatable bonds is 5. The molecular formula is C21H19FN4O3. The number of aliphatic hydroxyl groups is 1. The average Bonchev–Trinajstić information content (AvgIpc) is 3.10. The number of hydrogen-bond donors (Lipinski definition) is 2. The number of aromatic nitrogens is 2. The van der Waals surface area contributed by atoms with Gasteiger partial charge in [-0.1, -0.05) is 30.0 Å². The van der Waals surface area contributed by atoms with Crippen molar-refractivity contribution < 1.29 is 19.1 Å². The van der Waals surface area contributed by atoms with Crippen LogP contribution in [0.3, 0.4) is 0 Å². The average molecular weight is 394 g/mol. The van der Waals surface area contributed by atoms with Crippen molar-refractivity contribution in [3.8, 4) is 17.5 Å². The van der Waals surface area contributed by atoms with Gasteiger partial charge in [0.2, 0.25) is 5.91 Å². The van der Waals surface area contributed by atoms with Gasteiger partial charge in [-0.05, 0) is 24.3 Å². The van der Waals surface area contributed by atoms with E-state index >= 15 is 0 Å². The van der Waals surface area contributed by atoms with E-state index < -0.39 is 11.7 Å². The van der Waals surface area contributed by atoms with Crippen molar-refractivity contribution in [1.82, 2.24) is 14.7 Å². The predicted molar refractivity (Wildman–Crippen MR) is 106 cm³/mol. The van der Waals surface area contributed by atoms with Crippen LogP contribution < -0.4 is 5.73 Å². The number of nitrogens with two attached hydrogens (primary N) is 1. The Kier molecular flexibility index (Phi) is 5.90. The summed E-state index contributed by atoms with van der Waals surface area (Å²) in [6, 6.07) is 11.2. The molecular weight excluding hydrogens is 375 g/mol. The fraction of sp³-hybridized carbons (Fsp3) is 0.190. The van der Waals surface area contributed by atoms with Crippen LogP contribution in [0.4, 0.5) is 4.39 Å². The summed E-state index contributed by atoms with van der Waals surface area (Å²) in [6.45, 7) is 0.134. The molecule has 3 N–H and O–H groups in total. The molecule has 1 aromatic heterocycles. The number of aliphatic hydroxyl groups excluding tert-OH is 1. The van der Waals surface area contributed by atoms with E-state index in [1.807, 2.05) is 0 Å². The second-order valence-corrected chi connectivity index (χ2v) is 6.33. The maximum absolute atomic E-state index is 14.4. The van der Waals surface area contributed by atoms with Crippen LogP contribution in [-0.2, 0) is 4.79 Å². The monoisotopic (exact) mass is 394 g/mol. The Balaban J connectivity index is 1.94. The maximum Gasteiger partial charge on any atom is 0.269 e. The molecule has 0 unspecified atom stereocenters. The molecule has 3 aromatic rings. The van der Waals surface area contributed by atoms with Gasteiger partial charge < -0.3 is 15.7 Å². The molecule has 148 valence electrons. The molecule has 7 nitrogen and oxygen atoms in total. The normalized spacial score (nSPS) is 10.4. The minimum atomic E-state index is -0.749. The number of carbonyl (C=O) groups excluding carboxylic acids is 2. The van der Waals surface area contributed by atoms with Gasteiger partial charge >= 0.3 is 0 Å². The summed E-state index contributed by atoms with van der Waals surface area (Å²) in [4.78, 5) is 25.0. The summed E-state index contributed by atoms with van der Waals surface area (Å²) < 4.78 is 15.8. The molecule has 0 aliphatic carbocycles. The van der Waals surface area contributed by atoms with Crippen molar-refractivity contribution in [1.29, 1.82) is 0 Å². The number of halogens is 1. The van der Waals surface area contributed by atoms with Crippen LogP contribution in [0.5, 0.6) is 0 Å². The van der Waals surface area contributed by atoms with Gasteiger partial charge in [0.1, 0.15) is 11.3 Å². The van der Waals surface area contributed by atoms with Crippen LogP contribution in [0.15, 0.2) is 42.5 Å². The standard InChI is InChI=1S/C21H19FN4O3/c1-25(11-12-27)18(28)10-3-6-14-5-2-7-15(13-14)26-20-16(8-4-9-17(20)22)19(24-26)21(23)29/h2,4-5,7-9,13,27H,10-12H2,1H3,(H2,23,29). The molecule has 0 aliphatic heterocycles. The first-order valence-corrected chi connectivity index (χ1v) is 8.83. The van der Waals surface area contributed by atoms with E-state index in [1.54, 1.807) is 37.4 Å². The van der Waals surface area contributed by atoms with Crippen molar-refractivity contribution >= 4 is 22.7 Å². The Morgan fingerprint density at radius 1 is 1.28 bits per heavy atom. The number of nitrogens with zero attached hydrogens (tertiary/aromatic N) is 3. The van der Waals surface area contributed by atoms with Crippen LogP contribution in [0.1, 0.15) is 22.5 Å². The first kappa shape index (κ1) is 20.0. The predicted octanol–water partition coefficient (Wildman–Crippen LogP) is 1.46. The minimum absolute atomic E-state index is 0.00583. The molecule has 0 saturated carbocycles. The van der Waals surface area contributed by atoms with Crippen molar-refractivity contribution in [3.63, 3.8) is 0 Å². The number of likely N-dealkylation sites (N-methyl/N-ethyl adjacent to an activating group) is 1. The zero-order chi connectivity index (χ0) is 21.0. The minimum Gasteiger partial charge on any atom is -0.395 e. The van der Waals surface area contributed by atoms with E-state index in [1.165, 1.54) is 21.7 Å². The summed E-state index contributed by atoms with van der Waals surface area (Å²) in [5, 5.41) is 13.4. The molecule has 2 amide bonds. The smallest absolute Gasteiger partial charge is 0.269 e. The number of amides is 2. The molecule has 0 spiro atoms. The quantitative estimate of drug-likeness (QED) is 0.640. The van der Waals surface area contributed by atoms with Crippen LogP contribution in [0, 0.1) is 17.7 Å².